The number of hydrogen-bond acceptors (Lipinski definition) is 4. The van der Waals surface area contributed by atoms with Crippen LogP contribution in [0.25, 0.3) is 0 Å². The van der Waals surface area contributed by atoms with Gasteiger partial charge >= 0.3 is 5.97 Å². The van der Waals surface area contributed by atoms with Gasteiger partial charge in [-0.25, -0.2) is 9.78 Å². The Hall–Kier alpha value is -2.14. The lowest BCUT2D eigenvalue weighted by Crippen LogP contribution is -2.44. The molecule has 0 radical (unpaired) electrons. The zero-order valence-corrected chi connectivity index (χ0v) is 12.0. The van der Waals surface area contributed by atoms with Crippen molar-refractivity contribution in [2.45, 2.75) is 13.5 Å². The lowest BCUT2D eigenvalue weighted by molar-refractivity contribution is -0.127. The van der Waals surface area contributed by atoms with E-state index in [4.69, 9.17) is 9.47 Å². The summed E-state index contributed by atoms with van der Waals surface area (Å²) in [4.78, 5) is 16.1. The van der Waals surface area contributed by atoms with Gasteiger partial charge in [-0.2, -0.15) is 0 Å². The summed E-state index contributed by atoms with van der Waals surface area (Å²) < 4.78 is 12.5. The maximum absolute atomic E-state index is 12.1. The van der Waals surface area contributed by atoms with Crippen LogP contribution in [-0.2, 0) is 16.0 Å². The highest BCUT2D eigenvalue weighted by molar-refractivity contribution is 5.89. The number of rotatable bonds is 5. The molecule has 5 heteroatoms. The molecule has 0 aliphatic carbocycles. The van der Waals surface area contributed by atoms with E-state index >= 15 is 0 Å². The summed E-state index contributed by atoms with van der Waals surface area (Å²) in [5.74, 6) is -0.282. The number of ether oxygens (including phenoxy) is 2. The highest BCUT2D eigenvalue weighted by atomic mass is 16.5. The first-order valence-electron chi connectivity index (χ1n) is 6.94. The first-order valence-corrected chi connectivity index (χ1v) is 6.94. The maximum Gasteiger partial charge on any atom is 0.338 e. The summed E-state index contributed by atoms with van der Waals surface area (Å²) in [7, 11) is 0. The van der Waals surface area contributed by atoms with Crippen LogP contribution in [0.4, 0.5) is 0 Å². The fourth-order valence-electron chi connectivity index (χ4n) is 2.24. The van der Waals surface area contributed by atoms with E-state index in [1.54, 1.807) is 18.6 Å². The molecule has 0 spiro atoms. The summed E-state index contributed by atoms with van der Waals surface area (Å²) in [6, 6.07) is 7.50. The lowest BCUT2D eigenvalue weighted by Gasteiger charge is -2.37. The average molecular weight is 286 g/mol. The molecule has 0 atom stereocenters. The van der Waals surface area contributed by atoms with E-state index in [1.165, 1.54) is 0 Å². The van der Waals surface area contributed by atoms with Crippen LogP contribution in [0.1, 0.15) is 22.8 Å². The summed E-state index contributed by atoms with van der Waals surface area (Å²) in [5, 5.41) is 0. The van der Waals surface area contributed by atoms with Crippen LogP contribution >= 0.6 is 0 Å². The van der Waals surface area contributed by atoms with E-state index in [0.29, 0.717) is 31.9 Å². The van der Waals surface area contributed by atoms with Gasteiger partial charge in [-0.05, 0) is 17.7 Å². The third-order valence-corrected chi connectivity index (χ3v) is 3.54. The number of carbonyl (C=O) groups is 1. The van der Waals surface area contributed by atoms with E-state index in [1.807, 2.05) is 29.0 Å². The second kappa shape index (κ2) is 5.69. The van der Waals surface area contributed by atoms with Gasteiger partial charge in [0.2, 0.25) is 0 Å². The molecule has 3 rings (SSSR count). The molecular formula is C16H18N2O3. The van der Waals surface area contributed by atoms with Gasteiger partial charge < -0.3 is 14.0 Å². The molecule has 0 bridgehead atoms. The number of aromatic nitrogens is 2. The Morgan fingerprint density at radius 1 is 1.48 bits per heavy atom. The van der Waals surface area contributed by atoms with Crippen LogP contribution in [0.5, 0.6) is 0 Å². The Labute approximate surface area is 123 Å². The third kappa shape index (κ3) is 3.31. The summed E-state index contributed by atoms with van der Waals surface area (Å²) in [6.45, 7) is 4.45. The van der Waals surface area contributed by atoms with Gasteiger partial charge in [0.05, 0.1) is 25.1 Å². The van der Waals surface area contributed by atoms with Crippen molar-refractivity contribution in [1.82, 2.24) is 9.55 Å². The summed E-state index contributed by atoms with van der Waals surface area (Å²) in [6.07, 6.45) is 5.38. The average Bonchev–Trinajstić information content (AvgIpc) is 2.96. The van der Waals surface area contributed by atoms with Crippen molar-refractivity contribution < 1.29 is 14.3 Å². The minimum absolute atomic E-state index is 0.0237. The van der Waals surface area contributed by atoms with Crippen molar-refractivity contribution in [2.24, 2.45) is 5.41 Å². The number of esters is 1. The topological polar surface area (TPSA) is 53.4 Å². The Balaban J connectivity index is 1.63. The van der Waals surface area contributed by atoms with Crippen LogP contribution in [0.3, 0.4) is 0 Å². The van der Waals surface area contributed by atoms with E-state index in [0.717, 1.165) is 5.56 Å². The molecule has 5 nitrogen and oxygen atoms in total. The Kier molecular flexibility index (Phi) is 3.75. The molecule has 21 heavy (non-hydrogen) atoms. The maximum atomic E-state index is 12.1. The minimum Gasteiger partial charge on any atom is -0.461 e. The molecule has 1 aliphatic rings. The Bertz CT molecular complexity index is 618. The number of carbonyl (C=O) groups excluding carboxylic acids is 1. The molecule has 1 saturated heterocycles. The molecule has 0 unspecified atom stereocenters. The molecular weight excluding hydrogens is 268 g/mol. The molecule has 0 N–H and O–H groups in total. The monoisotopic (exact) mass is 286 g/mol. The van der Waals surface area contributed by atoms with Gasteiger partial charge in [0.1, 0.15) is 6.61 Å². The van der Waals surface area contributed by atoms with Crippen molar-refractivity contribution >= 4 is 5.97 Å². The number of hydrogen-bond donors (Lipinski definition) is 0. The number of benzene rings is 1. The van der Waals surface area contributed by atoms with Crippen LogP contribution in [-0.4, -0.2) is 35.3 Å². The zero-order chi connectivity index (χ0) is 14.7. The minimum atomic E-state index is -0.282. The van der Waals surface area contributed by atoms with Gasteiger partial charge in [0.25, 0.3) is 0 Å². The molecule has 110 valence electrons. The fourth-order valence-corrected chi connectivity index (χ4v) is 2.24. The van der Waals surface area contributed by atoms with Crippen LogP contribution < -0.4 is 0 Å². The van der Waals surface area contributed by atoms with Gasteiger partial charge in [0.15, 0.2) is 0 Å². The second-order valence-corrected chi connectivity index (χ2v) is 5.81. The molecule has 0 amide bonds. The van der Waals surface area contributed by atoms with Crippen LogP contribution in [0, 0.1) is 5.41 Å². The summed E-state index contributed by atoms with van der Waals surface area (Å²) >= 11 is 0. The molecule has 1 aliphatic heterocycles. The van der Waals surface area contributed by atoms with Gasteiger partial charge in [-0.1, -0.05) is 19.1 Å². The SMILES string of the molecule is CC1(COC(=O)c2cccc(Cn3ccnc3)c2)COC1. The Morgan fingerprint density at radius 3 is 3.00 bits per heavy atom. The van der Waals surface area contributed by atoms with Crippen LogP contribution in [0.15, 0.2) is 43.0 Å². The van der Waals surface area contributed by atoms with Crippen LogP contribution in [0.2, 0.25) is 0 Å². The number of nitrogens with zero attached hydrogens (tertiary/aromatic N) is 2. The Morgan fingerprint density at radius 2 is 2.33 bits per heavy atom. The normalized spacial score (nSPS) is 16.2. The van der Waals surface area contributed by atoms with Crippen molar-refractivity contribution in [1.29, 1.82) is 0 Å². The predicted molar refractivity (Wildman–Crippen MR) is 77.0 cm³/mol. The largest absolute Gasteiger partial charge is 0.461 e. The fraction of sp³-hybridized carbons (Fsp3) is 0.375. The first-order chi connectivity index (χ1) is 10.1. The predicted octanol–water partition coefficient (Wildman–Crippen LogP) is 2.12. The van der Waals surface area contributed by atoms with Crippen molar-refractivity contribution in [2.75, 3.05) is 19.8 Å². The molecule has 2 aromatic rings. The second-order valence-electron chi connectivity index (χ2n) is 5.81. The summed E-state index contributed by atoms with van der Waals surface area (Å²) in [5.41, 5.74) is 1.60. The molecule has 1 aromatic heterocycles. The van der Waals surface area contributed by atoms with E-state index in [9.17, 15) is 4.79 Å². The van der Waals surface area contributed by atoms with Crippen molar-refractivity contribution in [3.05, 3.63) is 54.1 Å². The molecule has 0 saturated carbocycles. The lowest BCUT2D eigenvalue weighted by atomic mass is 9.90. The van der Waals surface area contributed by atoms with Crippen molar-refractivity contribution in [3.8, 4) is 0 Å². The molecule has 2 heterocycles. The van der Waals surface area contributed by atoms with E-state index in [2.05, 4.69) is 11.9 Å². The first kappa shape index (κ1) is 13.8. The van der Waals surface area contributed by atoms with Gasteiger partial charge in [-0.15, -0.1) is 0 Å². The number of imidazole rings is 1. The molecule has 1 fully saturated rings. The van der Waals surface area contributed by atoms with Gasteiger partial charge in [0, 0.05) is 24.4 Å². The van der Waals surface area contributed by atoms with Gasteiger partial charge in [-0.3, -0.25) is 0 Å². The van der Waals surface area contributed by atoms with Crippen molar-refractivity contribution in [3.63, 3.8) is 0 Å². The zero-order valence-electron chi connectivity index (χ0n) is 12.0. The third-order valence-electron chi connectivity index (χ3n) is 3.54. The highest BCUT2D eigenvalue weighted by Gasteiger charge is 2.34. The smallest absolute Gasteiger partial charge is 0.338 e. The highest BCUT2D eigenvalue weighted by Crippen LogP contribution is 2.26. The standard InChI is InChI=1S/C16H18N2O3/c1-16(9-20-10-16)11-21-15(19)14-4-2-3-13(7-14)8-18-6-5-17-12-18/h2-7,12H,8-11H2,1H3. The van der Waals surface area contributed by atoms with E-state index < -0.39 is 0 Å². The van der Waals surface area contributed by atoms with E-state index in [-0.39, 0.29) is 11.4 Å². The molecule has 1 aromatic carbocycles. The quantitative estimate of drug-likeness (QED) is 0.790.